The molecule has 0 spiro atoms. The van der Waals surface area contributed by atoms with E-state index in [1.165, 1.54) is 0 Å². The minimum atomic E-state index is -0.355. The summed E-state index contributed by atoms with van der Waals surface area (Å²) in [5.74, 6) is 0.594. The van der Waals surface area contributed by atoms with Crippen LogP contribution in [0.2, 0.25) is 0 Å². The van der Waals surface area contributed by atoms with Gasteiger partial charge in [0.2, 0.25) is 0 Å². The van der Waals surface area contributed by atoms with Crippen LogP contribution in [0, 0.1) is 5.92 Å². The minimum Gasteiger partial charge on any atom is -0.493 e. The van der Waals surface area contributed by atoms with E-state index in [0.29, 0.717) is 36.1 Å². The van der Waals surface area contributed by atoms with Crippen LogP contribution in [0.5, 0.6) is 5.75 Å². The van der Waals surface area contributed by atoms with Crippen LogP contribution in [0.15, 0.2) is 18.2 Å². The lowest BCUT2D eigenvalue weighted by molar-refractivity contribution is 0.0268. The summed E-state index contributed by atoms with van der Waals surface area (Å²) in [6.45, 7) is 13.5. The van der Waals surface area contributed by atoms with Gasteiger partial charge in [0, 0.05) is 17.8 Å². The van der Waals surface area contributed by atoms with Crippen molar-refractivity contribution in [2.45, 2.75) is 53.5 Å². The Morgan fingerprint density at radius 3 is 2.44 bits per heavy atom. The fraction of sp³-hybridized carbons (Fsp3) is 0.650. The summed E-state index contributed by atoms with van der Waals surface area (Å²) in [5, 5.41) is 0. The molecule has 1 aromatic carbocycles. The molecule has 25 heavy (non-hydrogen) atoms. The van der Waals surface area contributed by atoms with Crippen LogP contribution in [-0.4, -0.2) is 43.2 Å². The maximum absolute atomic E-state index is 12.6. The molecule has 0 saturated carbocycles. The average molecular weight is 351 g/mol. The molecular formula is C20H34N2O3. The molecule has 0 radical (unpaired) electrons. The number of carbonyl (C=O) groups excluding carboxylic acids is 1. The van der Waals surface area contributed by atoms with Crippen molar-refractivity contribution >= 4 is 11.7 Å². The van der Waals surface area contributed by atoms with E-state index in [1.807, 2.05) is 6.92 Å². The molecule has 0 saturated heterocycles. The molecule has 0 aliphatic carbocycles. The largest absolute Gasteiger partial charge is 0.493 e. The van der Waals surface area contributed by atoms with Crippen LogP contribution >= 0.6 is 0 Å². The first-order valence-electron chi connectivity index (χ1n) is 9.41. The molecule has 1 aromatic rings. The molecule has 1 rings (SSSR count). The van der Waals surface area contributed by atoms with Gasteiger partial charge in [0.1, 0.15) is 17.9 Å². The molecule has 0 aliphatic heterocycles. The Morgan fingerprint density at radius 2 is 1.88 bits per heavy atom. The fourth-order valence-electron chi connectivity index (χ4n) is 2.87. The zero-order chi connectivity index (χ0) is 18.8. The highest BCUT2D eigenvalue weighted by molar-refractivity contribution is 5.93. The second-order valence-corrected chi connectivity index (χ2v) is 6.38. The molecule has 0 aromatic heterocycles. The Balaban J connectivity index is 2.86. The van der Waals surface area contributed by atoms with Crippen molar-refractivity contribution in [2.24, 2.45) is 5.92 Å². The summed E-state index contributed by atoms with van der Waals surface area (Å²) in [7, 11) is 0. The molecule has 0 aliphatic rings. The van der Waals surface area contributed by atoms with Crippen molar-refractivity contribution in [1.29, 1.82) is 0 Å². The van der Waals surface area contributed by atoms with Crippen molar-refractivity contribution in [3.8, 4) is 5.75 Å². The third-order valence-electron chi connectivity index (χ3n) is 4.65. The van der Waals surface area contributed by atoms with E-state index in [2.05, 4.69) is 32.6 Å². The van der Waals surface area contributed by atoms with Gasteiger partial charge < -0.3 is 15.2 Å². The molecule has 1 unspecified atom stereocenters. The number of carbonyl (C=O) groups is 1. The number of ether oxygens (including phenoxy) is 2. The fourth-order valence-corrected chi connectivity index (χ4v) is 2.87. The summed E-state index contributed by atoms with van der Waals surface area (Å²) in [5.41, 5.74) is 6.82. The van der Waals surface area contributed by atoms with Gasteiger partial charge in [-0.1, -0.05) is 41.0 Å². The van der Waals surface area contributed by atoms with Gasteiger partial charge in [-0.25, -0.2) is 4.79 Å². The molecule has 2 N–H and O–H groups in total. The van der Waals surface area contributed by atoms with Gasteiger partial charge in [-0.3, -0.25) is 4.90 Å². The first-order chi connectivity index (χ1) is 12.0. The van der Waals surface area contributed by atoms with Gasteiger partial charge >= 0.3 is 5.97 Å². The zero-order valence-corrected chi connectivity index (χ0v) is 16.4. The number of nitrogen functional groups attached to an aromatic ring is 1. The van der Waals surface area contributed by atoms with Crippen molar-refractivity contribution in [3.05, 3.63) is 23.8 Å². The van der Waals surface area contributed by atoms with Gasteiger partial charge in [-0.05, 0) is 37.6 Å². The normalized spacial score (nSPS) is 13.5. The van der Waals surface area contributed by atoms with E-state index < -0.39 is 0 Å². The van der Waals surface area contributed by atoms with E-state index in [4.69, 9.17) is 15.2 Å². The third kappa shape index (κ3) is 6.24. The highest BCUT2D eigenvalue weighted by Crippen LogP contribution is 2.24. The first kappa shape index (κ1) is 21.3. The first-order valence-corrected chi connectivity index (χ1v) is 9.41. The van der Waals surface area contributed by atoms with Crippen molar-refractivity contribution in [3.63, 3.8) is 0 Å². The number of hydrogen-bond acceptors (Lipinski definition) is 5. The Kier molecular flexibility index (Phi) is 9.35. The molecule has 0 fully saturated rings. The van der Waals surface area contributed by atoms with E-state index in [1.54, 1.807) is 18.2 Å². The molecule has 5 nitrogen and oxygen atoms in total. The van der Waals surface area contributed by atoms with Crippen molar-refractivity contribution in [2.75, 3.05) is 32.0 Å². The second kappa shape index (κ2) is 11.0. The number of hydrogen-bond donors (Lipinski definition) is 1. The molecule has 0 bridgehead atoms. The Bertz CT molecular complexity index is 530. The number of nitrogens with zero attached hydrogens (tertiary/aromatic N) is 1. The molecule has 0 amide bonds. The lowest BCUT2D eigenvalue weighted by Crippen LogP contribution is -2.43. The summed E-state index contributed by atoms with van der Waals surface area (Å²) in [4.78, 5) is 14.9. The van der Waals surface area contributed by atoms with Gasteiger partial charge in [0.15, 0.2) is 0 Å². The highest BCUT2D eigenvalue weighted by atomic mass is 16.5. The maximum atomic E-state index is 12.6. The smallest absolute Gasteiger partial charge is 0.341 e. The zero-order valence-electron chi connectivity index (χ0n) is 16.4. The van der Waals surface area contributed by atoms with E-state index in [-0.39, 0.29) is 12.0 Å². The Labute approximate surface area is 152 Å². The van der Waals surface area contributed by atoms with E-state index >= 15 is 0 Å². The Morgan fingerprint density at radius 1 is 1.20 bits per heavy atom. The standard InChI is InChI=1S/C20H34N2O3/c1-6-12-24-19-13-16(21)10-11-17(19)20(23)25-14-18(15(5)7-2)22(8-3)9-4/h10-11,13,15,18H,6-9,12,14,21H2,1-5H3/t15?,18-/m1/s1. The lowest BCUT2D eigenvalue weighted by Gasteiger charge is -2.33. The number of likely N-dealkylation sites (N-methyl/N-ethyl adjacent to an activating group) is 1. The maximum Gasteiger partial charge on any atom is 0.341 e. The quantitative estimate of drug-likeness (QED) is 0.483. The van der Waals surface area contributed by atoms with Crippen molar-refractivity contribution in [1.82, 2.24) is 4.90 Å². The van der Waals surface area contributed by atoms with Crippen LogP contribution < -0.4 is 10.5 Å². The number of anilines is 1. The molecule has 5 heteroatoms. The number of esters is 1. The van der Waals surface area contributed by atoms with Crippen LogP contribution in [0.1, 0.15) is 57.8 Å². The average Bonchev–Trinajstić information content (AvgIpc) is 2.62. The van der Waals surface area contributed by atoms with Crippen molar-refractivity contribution < 1.29 is 14.3 Å². The summed E-state index contributed by atoms with van der Waals surface area (Å²) in [6, 6.07) is 5.28. The predicted octanol–water partition coefficient (Wildman–Crippen LogP) is 3.97. The van der Waals surface area contributed by atoms with Gasteiger partial charge in [0.05, 0.1) is 6.61 Å². The third-order valence-corrected chi connectivity index (χ3v) is 4.65. The number of rotatable bonds is 11. The monoisotopic (exact) mass is 350 g/mol. The van der Waals surface area contributed by atoms with Gasteiger partial charge in [-0.15, -0.1) is 0 Å². The second-order valence-electron chi connectivity index (χ2n) is 6.38. The lowest BCUT2D eigenvalue weighted by atomic mass is 9.98. The number of nitrogens with two attached hydrogens (primary N) is 1. The van der Waals surface area contributed by atoms with Crippen LogP contribution in [0.4, 0.5) is 5.69 Å². The summed E-state index contributed by atoms with van der Waals surface area (Å²) < 4.78 is 11.3. The topological polar surface area (TPSA) is 64.8 Å². The summed E-state index contributed by atoms with van der Waals surface area (Å²) in [6.07, 6.45) is 1.91. The highest BCUT2D eigenvalue weighted by Gasteiger charge is 2.24. The summed E-state index contributed by atoms with van der Waals surface area (Å²) >= 11 is 0. The van der Waals surface area contributed by atoms with Crippen LogP contribution in [0.3, 0.4) is 0 Å². The SMILES string of the molecule is CCCOc1cc(N)ccc1C(=O)OC[C@H](C(C)CC)N(CC)CC. The van der Waals surface area contributed by atoms with E-state index in [0.717, 1.165) is 25.9 Å². The van der Waals surface area contributed by atoms with Crippen LogP contribution in [0.25, 0.3) is 0 Å². The Hall–Kier alpha value is -1.75. The van der Waals surface area contributed by atoms with E-state index in [9.17, 15) is 4.79 Å². The molecule has 2 atom stereocenters. The van der Waals surface area contributed by atoms with Gasteiger partial charge in [0.25, 0.3) is 0 Å². The minimum absolute atomic E-state index is 0.220. The molecule has 142 valence electrons. The number of benzene rings is 1. The predicted molar refractivity (Wildman–Crippen MR) is 103 cm³/mol. The van der Waals surface area contributed by atoms with Gasteiger partial charge in [-0.2, -0.15) is 0 Å². The molecular weight excluding hydrogens is 316 g/mol. The molecule has 0 heterocycles. The van der Waals surface area contributed by atoms with Crippen LogP contribution in [-0.2, 0) is 4.74 Å².